The van der Waals surface area contributed by atoms with Crippen LogP contribution in [0, 0.1) is 17.8 Å². The van der Waals surface area contributed by atoms with Gasteiger partial charge in [0.25, 0.3) is 0 Å². The van der Waals surface area contributed by atoms with Crippen molar-refractivity contribution < 1.29 is 34.1 Å². The molecule has 0 spiro atoms. The van der Waals surface area contributed by atoms with Gasteiger partial charge in [-0.1, -0.05) is 55.0 Å². The molecule has 222 valence electrons. The number of phenols is 1. The first kappa shape index (κ1) is 29.7. The van der Waals surface area contributed by atoms with Crippen LogP contribution in [0.4, 0.5) is 0 Å². The van der Waals surface area contributed by atoms with E-state index in [1.165, 1.54) is 4.90 Å². The van der Waals surface area contributed by atoms with Gasteiger partial charge in [0.15, 0.2) is 0 Å². The minimum atomic E-state index is -0.832. The summed E-state index contributed by atoms with van der Waals surface area (Å²) >= 11 is 0. The summed E-state index contributed by atoms with van der Waals surface area (Å²) in [7, 11) is 1.65. The molecule has 2 aromatic carbocycles. The van der Waals surface area contributed by atoms with Gasteiger partial charge in [0, 0.05) is 26.0 Å². The predicted octanol–water partition coefficient (Wildman–Crippen LogP) is 5.32. The highest BCUT2D eigenvalue weighted by Crippen LogP contribution is 2.50. The van der Waals surface area contributed by atoms with Gasteiger partial charge < -0.3 is 19.7 Å². The second-order valence-corrected chi connectivity index (χ2v) is 11.5. The van der Waals surface area contributed by atoms with Crippen LogP contribution in [0.25, 0.3) is 11.6 Å². The number of fused-ring (bicyclic) bond motifs is 3. The number of hydrogen-bond acceptors (Lipinski definition) is 6. The maximum Gasteiger partial charge on any atom is 0.303 e. The smallest absolute Gasteiger partial charge is 0.303 e. The highest BCUT2D eigenvalue weighted by atomic mass is 16.5. The zero-order valence-electron chi connectivity index (χ0n) is 24.0. The Bertz CT molecular complexity index is 1350. The largest absolute Gasteiger partial charge is 0.508 e. The summed E-state index contributed by atoms with van der Waals surface area (Å²) in [4.78, 5) is 39.2. The number of rotatable bonds is 13. The third-order valence-electron chi connectivity index (χ3n) is 8.74. The third-order valence-corrected chi connectivity index (χ3v) is 8.74. The Morgan fingerprint density at radius 2 is 1.76 bits per heavy atom. The SMILES string of the molecule is COCC1=C2[C@@H](CC/C(=C/c3ccc(O)cc3)c3ccccc3)OC[C@@H]2[C@@H]2C(=O)N(CCCCCC(=O)O)C(=O)[C@@H]2C1. The standard InChI is InChI=1S/C34H39NO7/c1-41-20-25-19-27-32(34(40)35(33(27)39)17-7-3-6-10-30(37)38)28-21-42-29(31(25)28)16-13-24(23-8-4-2-5-9-23)18-22-11-14-26(36)15-12-22/h2,4-5,8-9,11-12,14-15,18,27-29,32,36H,3,6-7,10,13,16-17,19-21H2,1H3,(H,37,38)/b24-18-/t27-,28+,29-,32-/m1/s1. The summed E-state index contributed by atoms with van der Waals surface area (Å²) in [5.74, 6) is -1.81. The molecule has 2 saturated heterocycles. The van der Waals surface area contributed by atoms with Crippen LogP contribution >= 0.6 is 0 Å². The number of aromatic hydroxyl groups is 1. The zero-order chi connectivity index (χ0) is 29.6. The summed E-state index contributed by atoms with van der Waals surface area (Å²) in [6, 6.07) is 17.3. The number of amides is 2. The van der Waals surface area contributed by atoms with Gasteiger partial charge in [-0.25, -0.2) is 0 Å². The average Bonchev–Trinajstić information content (AvgIpc) is 3.51. The monoisotopic (exact) mass is 573 g/mol. The maximum absolute atomic E-state index is 13.6. The number of carbonyl (C=O) groups excluding carboxylic acids is 2. The van der Waals surface area contributed by atoms with Crippen LogP contribution in [0.15, 0.2) is 65.7 Å². The number of allylic oxidation sites excluding steroid dienone is 1. The van der Waals surface area contributed by atoms with E-state index in [-0.39, 0.29) is 36.0 Å². The summed E-state index contributed by atoms with van der Waals surface area (Å²) in [6.45, 7) is 1.14. The second kappa shape index (κ2) is 13.5. The molecule has 2 aliphatic heterocycles. The lowest BCUT2D eigenvalue weighted by Gasteiger charge is -2.31. The highest BCUT2D eigenvalue weighted by Gasteiger charge is 2.56. The molecule has 0 aromatic heterocycles. The number of aliphatic carboxylic acids is 1. The zero-order valence-corrected chi connectivity index (χ0v) is 24.0. The van der Waals surface area contributed by atoms with Crippen LogP contribution in [0.1, 0.15) is 56.1 Å². The van der Waals surface area contributed by atoms with E-state index >= 15 is 0 Å². The molecule has 2 aromatic rings. The molecular formula is C34H39NO7. The molecule has 0 saturated carbocycles. The lowest BCUT2D eigenvalue weighted by Crippen LogP contribution is -2.35. The van der Waals surface area contributed by atoms with Crippen LogP contribution in [0.2, 0.25) is 0 Å². The number of likely N-dealkylation sites (tertiary alicyclic amines) is 1. The number of phenolic OH excluding ortho intramolecular Hbond substituents is 1. The first-order valence-electron chi connectivity index (χ1n) is 14.8. The number of imide groups is 1. The number of unbranched alkanes of at least 4 members (excludes halogenated alkanes) is 2. The molecule has 2 amide bonds. The van der Waals surface area contributed by atoms with E-state index in [0.717, 1.165) is 40.7 Å². The Morgan fingerprint density at radius 3 is 2.48 bits per heavy atom. The highest BCUT2D eigenvalue weighted by molar-refractivity contribution is 6.06. The van der Waals surface area contributed by atoms with Crippen LogP contribution in [-0.4, -0.2) is 65.9 Å². The molecule has 8 nitrogen and oxygen atoms in total. The quantitative estimate of drug-likeness (QED) is 0.144. The molecule has 2 N–H and O–H groups in total. The van der Waals surface area contributed by atoms with Crippen molar-refractivity contribution in [2.24, 2.45) is 17.8 Å². The Labute approximate surface area is 246 Å². The van der Waals surface area contributed by atoms with Gasteiger partial charge in [0.05, 0.1) is 31.2 Å². The average molecular weight is 574 g/mol. The first-order valence-corrected chi connectivity index (χ1v) is 14.8. The molecule has 1 aliphatic carbocycles. The molecule has 2 heterocycles. The lowest BCUT2D eigenvalue weighted by molar-refractivity contribution is -0.141. The molecule has 8 heteroatoms. The summed E-state index contributed by atoms with van der Waals surface area (Å²) in [5, 5.41) is 18.6. The third kappa shape index (κ3) is 6.50. The number of benzene rings is 2. The van der Waals surface area contributed by atoms with E-state index in [0.29, 0.717) is 45.4 Å². The van der Waals surface area contributed by atoms with Crippen molar-refractivity contribution in [3.8, 4) is 5.75 Å². The minimum absolute atomic E-state index is 0.0950. The van der Waals surface area contributed by atoms with Gasteiger partial charge >= 0.3 is 5.97 Å². The topological polar surface area (TPSA) is 113 Å². The molecule has 0 radical (unpaired) electrons. The molecule has 3 aliphatic rings. The fourth-order valence-corrected chi connectivity index (χ4v) is 6.80. The van der Waals surface area contributed by atoms with E-state index in [1.807, 2.05) is 30.3 Å². The van der Waals surface area contributed by atoms with Gasteiger partial charge in [0.2, 0.25) is 11.8 Å². The normalized spacial score (nSPS) is 23.8. The Hall–Kier alpha value is -3.75. The van der Waals surface area contributed by atoms with Crippen LogP contribution < -0.4 is 0 Å². The Balaban J connectivity index is 1.32. The summed E-state index contributed by atoms with van der Waals surface area (Å²) in [6.07, 6.45) is 5.84. The number of carboxylic acid groups (broad SMARTS) is 1. The first-order chi connectivity index (χ1) is 20.4. The number of methoxy groups -OCH3 is 1. The van der Waals surface area contributed by atoms with Gasteiger partial charge in [-0.3, -0.25) is 19.3 Å². The van der Waals surface area contributed by atoms with Gasteiger partial charge in [-0.2, -0.15) is 0 Å². The number of hydrogen-bond donors (Lipinski definition) is 2. The molecule has 2 fully saturated rings. The van der Waals surface area contributed by atoms with Crippen LogP contribution in [0.3, 0.4) is 0 Å². The van der Waals surface area contributed by atoms with Crippen molar-refractivity contribution in [3.05, 3.63) is 76.9 Å². The fourth-order valence-electron chi connectivity index (χ4n) is 6.80. The molecule has 42 heavy (non-hydrogen) atoms. The lowest BCUT2D eigenvalue weighted by atomic mass is 9.69. The van der Waals surface area contributed by atoms with Crippen molar-refractivity contribution >= 4 is 29.4 Å². The number of nitrogens with zero attached hydrogens (tertiary/aromatic N) is 1. The maximum atomic E-state index is 13.6. The van der Waals surface area contributed by atoms with Gasteiger partial charge in [0.1, 0.15) is 5.75 Å². The predicted molar refractivity (Wildman–Crippen MR) is 158 cm³/mol. The fraction of sp³-hybridized carbons (Fsp3) is 0.441. The minimum Gasteiger partial charge on any atom is -0.508 e. The number of carbonyl (C=O) groups is 3. The number of ether oxygens (including phenoxy) is 2. The second-order valence-electron chi connectivity index (χ2n) is 11.5. The van der Waals surface area contributed by atoms with Crippen LogP contribution in [0.5, 0.6) is 5.75 Å². The van der Waals surface area contributed by atoms with E-state index in [2.05, 4.69) is 18.2 Å². The van der Waals surface area contributed by atoms with Gasteiger partial charge in [-0.15, -0.1) is 0 Å². The molecule has 0 unspecified atom stereocenters. The van der Waals surface area contributed by atoms with Crippen molar-refractivity contribution in [2.45, 2.75) is 51.0 Å². The molecule has 4 atom stereocenters. The summed E-state index contributed by atoms with van der Waals surface area (Å²) in [5.41, 5.74) is 5.46. The van der Waals surface area contributed by atoms with Crippen molar-refractivity contribution in [1.29, 1.82) is 0 Å². The van der Waals surface area contributed by atoms with E-state index in [4.69, 9.17) is 14.6 Å². The Kier molecular flexibility index (Phi) is 9.55. The molecular weight excluding hydrogens is 534 g/mol. The Morgan fingerprint density at radius 1 is 1.00 bits per heavy atom. The number of carboxylic acids is 1. The summed E-state index contributed by atoms with van der Waals surface area (Å²) < 4.78 is 11.9. The van der Waals surface area contributed by atoms with Crippen molar-refractivity contribution in [1.82, 2.24) is 4.90 Å². The molecule has 0 bridgehead atoms. The van der Waals surface area contributed by atoms with E-state index < -0.39 is 17.8 Å². The van der Waals surface area contributed by atoms with Crippen LogP contribution in [-0.2, 0) is 23.9 Å². The van der Waals surface area contributed by atoms with E-state index in [1.54, 1.807) is 19.2 Å². The molecule has 5 rings (SSSR count). The van der Waals surface area contributed by atoms with Crippen molar-refractivity contribution in [2.75, 3.05) is 26.9 Å². The van der Waals surface area contributed by atoms with Crippen molar-refractivity contribution in [3.63, 3.8) is 0 Å². The van der Waals surface area contributed by atoms with Gasteiger partial charge in [-0.05, 0) is 72.1 Å². The van der Waals surface area contributed by atoms with E-state index in [9.17, 15) is 19.5 Å².